The van der Waals surface area contributed by atoms with Crippen LogP contribution in [-0.2, 0) is 4.79 Å². The fourth-order valence-electron chi connectivity index (χ4n) is 3.09. The van der Waals surface area contributed by atoms with Crippen molar-refractivity contribution in [1.82, 2.24) is 5.32 Å². The van der Waals surface area contributed by atoms with Gasteiger partial charge in [0.2, 0.25) is 5.91 Å². The van der Waals surface area contributed by atoms with E-state index in [9.17, 15) is 9.90 Å². The smallest absolute Gasteiger partial charge is 0.232 e. The monoisotopic (exact) mass is 290 g/mol. The Morgan fingerprint density at radius 1 is 1.48 bits per heavy atom. The number of carbonyl (C=O) groups excluding carboxylic acids is 1. The normalized spacial score (nSPS) is 19.3. The Hall–Kier alpha value is -1.55. The van der Waals surface area contributed by atoms with E-state index in [1.54, 1.807) is 23.1 Å². The molecule has 1 heterocycles. The molecule has 1 amide bonds. The lowest BCUT2D eigenvalue weighted by Gasteiger charge is -2.39. The summed E-state index contributed by atoms with van der Waals surface area (Å²) in [5.41, 5.74) is 0.355. The Balaban J connectivity index is 2.22. The van der Waals surface area contributed by atoms with Crippen LogP contribution in [0.1, 0.15) is 33.6 Å². The van der Waals surface area contributed by atoms with Gasteiger partial charge in [0.05, 0.1) is 0 Å². The number of phenolic OH excluding ortho intramolecular Hbond substituents is 1. The van der Waals surface area contributed by atoms with E-state index in [0.29, 0.717) is 12.5 Å². The molecule has 21 heavy (non-hydrogen) atoms. The summed E-state index contributed by atoms with van der Waals surface area (Å²) in [6, 6.07) is 6.92. The van der Waals surface area contributed by atoms with Crippen LogP contribution in [0.3, 0.4) is 0 Å². The Labute approximate surface area is 127 Å². The number of piperidine rings is 1. The van der Waals surface area contributed by atoms with Crippen molar-refractivity contribution >= 4 is 11.6 Å². The molecule has 0 saturated carbocycles. The first kappa shape index (κ1) is 15.8. The fourth-order valence-corrected chi connectivity index (χ4v) is 3.09. The first-order valence-corrected chi connectivity index (χ1v) is 7.78. The van der Waals surface area contributed by atoms with E-state index in [1.165, 1.54) is 0 Å². The van der Waals surface area contributed by atoms with E-state index < -0.39 is 5.41 Å². The highest BCUT2D eigenvalue weighted by Crippen LogP contribution is 2.35. The molecule has 0 aliphatic carbocycles. The molecule has 1 aromatic rings. The van der Waals surface area contributed by atoms with Crippen molar-refractivity contribution in [3.05, 3.63) is 24.3 Å². The topological polar surface area (TPSA) is 52.6 Å². The average molecular weight is 290 g/mol. The summed E-state index contributed by atoms with van der Waals surface area (Å²) in [5.74, 6) is 0.672. The zero-order valence-electron chi connectivity index (χ0n) is 13.2. The van der Waals surface area contributed by atoms with Gasteiger partial charge in [-0.3, -0.25) is 4.79 Å². The molecule has 0 radical (unpaired) electrons. The van der Waals surface area contributed by atoms with E-state index >= 15 is 0 Å². The van der Waals surface area contributed by atoms with Gasteiger partial charge in [0.1, 0.15) is 5.75 Å². The molecule has 0 spiro atoms. The summed E-state index contributed by atoms with van der Waals surface area (Å²) in [4.78, 5) is 14.8. The number of aromatic hydroxyl groups is 1. The van der Waals surface area contributed by atoms with Crippen LogP contribution in [0.25, 0.3) is 0 Å². The highest BCUT2D eigenvalue weighted by molar-refractivity contribution is 5.97. The molecule has 1 aliphatic rings. The zero-order chi connectivity index (χ0) is 15.5. The molecule has 2 N–H and O–H groups in total. The van der Waals surface area contributed by atoms with E-state index in [0.717, 1.165) is 31.6 Å². The quantitative estimate of drug-likeness (QED) is 0.896. The molecule has 1 aliphatic heterocycles. The van der Waals surface area contributed by atoms with Crippen LogP contribution < -0.4 is 10.2 Å². The minimum absolute atomic E-state index is 0.129. The van der Waals surface area contributed by atoms with Crippen LogP contribution in [-0.4, -0.2) is 30.6 Å². The first-order chi connectivity index (χ1) is 9.96. The van der Waals surface area contributed by atoms with Crippen LogP contribution >= 0.6 is 0 Å². The first-order valence-electron chi connectivity index (χ1n) is 7.78. The second kappa shape index (κ2) is 6.48. The number of benzene rings is 1. The SMILES string of the molecule is CCN(C(=O)C(C)(C)C1CCCNC1)c1cccc(O)c1. The van der Waals surface area contributed by atoms with Gasteiger partial charge in [-0.1, -0.05) is 19.9 Å². The summed E-state index contributed by atoms with van der Waals surface area (Å²) < 4.78 is 0. The molecule has 1 atom stereocenters. The lowest BCUT2D eigenvalue weighted by atomic mass is 9.74. The molecule has 4 heteroatoms. The molecule has 1 unspecified atom stereocenters. The van der Waals surface area contributed by atoms with Gasteiger partial charge in [0.15, 0.2) is 0 Å². The predicted molar refractivity (Wildman–Crippen MR) is 85.5 cm³/mol. The molecule has 0 aromatic heterocycles. The number of hydrogen-bond donors (Lipinski definition) is 2. The maximum atomic E-state index is 13.0. The molecular formula is C17H26N2O2. The van der Waals surface area contributed by atoms with E-state index in [4.69, 9.17) is 0 Å². The van der Waals surface area contributed by atoms with E-state index in [2.05, 4.69) is 5.32 Å². The summed E-state index contributed by atoms with van der Waals surface area (Å²) in [7, 11) is 0. The number of nitrogens with zero attached hydrogens (tertiary/aromatic N) is 1. The lowest BCUT2D eigenvalue weighted by molar-refractivity contribution is -0.129. The van der Waals surface area contributed by atoms with Gasteiger partial charge in [0, 0.05) is 23.7 Å². The maximum Gasteiger partial charge on any atom is 0.232 e. The number of carbonyl (C=O) groups is 1. The maximum absolute atomic E-state index is 13.0. The van der Waals surface area contributed by atoms with Crippen molar-refractivity contribution in [2.45, 2.75) is 33.6 Å². The minimum Gasteiger partial charge on any atom is -0.508 e. The molecular weight excluding hydrogens is 264 g/mol. The van der Waals surface area contributed by atoms with Crippen molar-refractivity contribution in [3.63, 3.8) is 0 Å². The van der Waals surface area contributed by atoms with Gasteiger partial charge in [-0.25, -0.2) is 0 Å². The predicted octanol–water partition coefficient (Wildman–Crippen LogP) is 2.77. The average Bonchev–Trinajstić information content (AvgIpc) is 2.49. The van der Waals surface area contributed by atoms with Gasteiger partial charge in [-0.05, 0) is 50.9 Å². The second-order valence-corrected chi connectivity index (χ2v) is 6.33. The van der Waals surface area contributed by atoms with Crippen molar-refractivity contribution in [2.24, 2.45) is 11.3 Å². The van der Waals surface area contributed by atoms with Crippen molar-refractivity contribution in [3.8, 4) is 5.75 Å². The number of amides is 1. The molecule has 1 aromatic carbocycles. The third-order valence-corrected chi connectivity index (χ3v) is 4.57. The Kier molecular flexibility index (Phi) is 4.88. The third-order valence-electron chi connectivity index (χ3n) is 4.57. The van der Waals surface area contributed by atoms with Gasteiger partial charge in [0.25, 0.3) is 0 Å². The van der Waals surface area contributed by atoms with E-state index in [-0.39, 0.29) is 11.7 Å². The molecule has 4 nitrogen and oxygen atoms in total. The van der Waals surface area contributed by atoms with Crippen LogP contribution in [0.5, 0.6) is 5.75 Å². The molecule has 0 bridgehead atoms. The summed E-state index contributed by atoms with van der Waals surface area (Å²) >= 11 is 0. The minimum atomic E-state index is -0.408. The van der Waals surface area contributed by atoms with Crippen molar-refractivity contribution in [1.29, 1.82) is 0 Å². The Morgan fingerprint density at radius 3 is 2.81 bits per heavy atom. The van der Waals surface area contributed by atoms with Crippen LogP contribution in [0.4, 0.5) is 5.69 Å². The largest absolute Gasteiger partial charge is 0.508 e. The van der Waals surface area contributed by atoms with Crippen LogP contribution in [0.2, 0.25) is 0 Å². The molecule has 1 saturated heterocycles. The number of rotatable bonds is 4. The van der Waals surface area contributed by atoms with Gasteiger partial charge in [-0.15, -0.1) is 0 Å². The Bertz CT molecular complexity index is 493. The van der Waals surface area contributed by atoms with Crippen LogP contribution in [0, 0.1) is 11.3 Å². The lowest BCUT2D eigenvalue weighted by Crippen LogP contribution is -2.49. The van der Waals surface area contributed by atoms with E-state index in [1.807, 2.05) is 26.8 Å². The van der Waals surface area contributed by atoms with Gasteiger partial charge >= 0.3 is 0 Å². The third kappa shape index (κ3) is 3.38. The van der Waals surface area contributed by atoms with Crippen LogP contribution in [0.15, 0.2) is 24.3 Å². The standard InChI is InChI=1S/C17H26N2O2/c1-4-19(14-8-5-9-15(20)11-14)16(21)17(2,3)13-7-6-10-18-12-13/h5,8-9,11,13,18,20H,4,6-7,10,12H2,1-3H3. The number of nitrogens with one attached hydrogen (secondary N) is 1. The number of phenols is 1. The highest BCUT2D eigenvalue weighted by atomic mass is 16.3. The van der Waals surface area contributed by atoms with Crippen molar-refractivity contribution in [2.75, 3.05) is 24.5 Å². The number of anilines is 1. The summed E-state index contributed by atoms with van der Waals surface area (Å²) in [6.07, 6.45) is 2.21. The zero-order valence-corrected chi connectivity index (χ0v) is 13.2. The summed E-state index contributed by atoms with van der Waals surface area (Å²) in [6.45, 7) is 8.60. The van der Waals surface area contributed by atoms with Gasteiger partial charge < -0.3 is 15.3 Å². The Morgan fingerprint density at radius 2 is 2.24 bits per heavy atom. The van der Waals surface area contributed by atoms with Crippen molar-refractivity contribution < 1.29 is 9.90 Å². The van der Waals surface area contributed by atoms with Gasteiger partial charge in [-0.2, -0.15) is 0 Å². The molecule has 1 fully saturated rings. The molecule has 2 rings (SSSR count). The number of hydrogen-bond acceptors (Lipinski definition) is 3. The second-order valence-electron chi connectivity index (χ2n) is 6.33. The summed E-state index contributed by atoms with van der Waals surface area (Å²) in [5, 5.41) is 13.0. The highest BCUT2D eigenvalue weighted by Gasteiger charge is 2.39. The fraction of sp³-hybridized carbons (Fsp3) is 0.588. The molecule has 116 valence electrons.